The number of carbonyl (C=O) groups is 6. The fourth-order valence-corrected chi connectivity index (χ4v) is 2.77. The third-order valence-electron chi connectivity index (χ3n) is 4.64. The monoisotopic (exact) mass is 531 g/mol. The zero-order valence-electron chi connectivity index (χ0n) is 20.3. The molecule has 1 atom stereocenters. The lowest BCUT2D eigenvalue weighted by molar-refractivity contribution is -0.143. The molecule has 0 aliphatic carbocycles. The molecule has 15 heteroatoms. The zero-order valence-corrected chi connectivity index (χ0v) is 20.3. The summed E-state index contributed by atoms with van der Waals surface area (Å²) in [6.07, 6.45) is 1.58. The molecule has 1 unspecified atom stereocenters. The van der Waals surface area contributed by atoms with Gasteiger partial charge in [-0.3, -0.25) is 28.9 Å². The maximum absolute atomic E-state index is 11.7. The van der Waals surface area contributed by atoms with Crippen LogP contribution in [-0.2, 0) is 47.7 Å². The quantitative estimate of drug-likeness (QED) is 0.0877. The first-order valence-corrected chi connectivity index (χ1v) is 11.6. The standard InChI is InChI=1S/C22H33N3O12/c26-17(24-16(22(32)33)1-4-21(30)31)5-7-34-9-11-36-13-14-37-12-10-35-8-6-23-18(27)15-25-19(28)2-3-20(25)29/h2-3,16H,1,4-15H2,(H,23,27)(H,24,26)(H,30,31)(H,32,33). The third kappa shape index (κ3) is 15.3. The molecule has 4 N–H and O–H groups in total. The molecule has 37 heavy (non-hydrogen) atoms. The van der Waals surface area contributed by atoms with Gasteiger partial charge in [0.1, 0.15) is 12.6 Å². The van der Waals surface area contributed by atoms with E-state index in [1.165, 1.54) is 0 Å². The second-order valence-electron chi connectivity index (χ2n) is 7.54. The number of hydrogen-bond donors (Lipinski definition) is 4. The van der Waals surface area contributed by atoms with E-state index in [0.29, 0.717) is 26.4 Å². The fourth-order valence-electron chi connectivity index (χ4n) is 2.77. The molecule has 0 fully saturated rings. The molecule has 208 valence electrons. The highest BCUT2D eigenvalue weighted by Crippen LogP contribution is 2.02. The van der Waals surface area contributed by atoms with E-state index >= 15 is 0 Å². The molecule has 0 spiro atoms. The summed E-state index contributed by atoms with van der Waals surface area (Å²) in [6, 6.07) is -1.26. The summed E-state index contributed by atoms with van der Waals surface area (Å²) in [5, 5.41) is 22.4. The van der Waals surface area contributed by atoms with Crippen molar-refractivity contribution in [2.45, 2.75) is 25.3 Å². The molecule has 1 aliphatic rings. The van der Waals surface area contributed by atoms with Gasteiger partial charge in [-0.25, -0.2) is 4.79 Å². The Kier molecular flexibility index (Phi) is 16.1. The first kappa shape index (κ1) is 31.6. The van der Waals surface area contributed by atoms with Crippen LogP contribution in [-0.4, -0.2) is 123 Å². The number of ether oxygens (including phenoxy) is 4. The van der Waals surface area contributed by atoms with E-state index in [2.05, 4.69) is 10.6 Å². The van der Waals surface area contributed by atoms with E-state index in [0.717, 1.165) is 17.1 Å². The van der Waals surface area contributed by atoms with Crippen molar-refractivity contribution in [1.29, 1.82) is 0 Å². The number of carboxylic acids is 2. The van der Waals surface area contributed by atoms with Crippen LogP contribution < -0.4 is 10.6 Å². The summed E-state index contributed by atoms with van der Waals surface area (Å²) in [4.78, 5) is 68.6. The number of imide groups is 1. The summed E-state index contributed by atoms with van der Waals surface area (Å²) in [7, 11) is 0. The van der Waals surface area contributed by atoms with Gasteiger partial charge >= 0.3 is 11.9 Å². The summed E-state index contributed by atoms with van der Waals surface area (Å²) in [5.41, 5.74) is 0. The van der Waals surface area contributed by atoms with Crippen LogP contribution in [0.4, 0.5) is 0 Å². The first-order valence-electron chi connectivity index (χ1n) is 11.6. The van der Waals surface area contributed by atoms with Crippen LogP contribution in [0.2, 0.25) is 0 Å². The fraction of sp³-hybridized carbons (Fsp3) is 0.636. The molecule has 15 nitrogen and oxygen atoms in total. The highest BCUT2D eigenvalue weighted by molar-refractivity contribution is 6.14. The van der Waals surface area contributed by atoms with Crippen molar-refractivity contribution in [2.24, 2.45) is 0 Å². The Morgan fingerprint density at radius 1 is 0.757 bits per heavy atom. The maximum atomic E-state index is 11.7. The van der Waals surface area contributed by atoms with Crippen molar-refractivity contribution in [3.63, 3.8) is 0 Å². The smallest absolute Gasteiger partial charge is 0.326 e. The molecule has 0 aromatic carbocycles. The van der Waals surface area contributed by atoms with Gasteiger partial charge in [-0.2, -0.15) is 0 Å². The van der Waals surface area contributed by atoms with E-state index in [1.54, 1.807) is 0 Å². The number of rotatable bonds is 22. The Hall–Kier alpha value is -3.40. The first-order chi connectivity index (χ1) is 17.7. The van der Waals surface area contributed by atoms with E-state index in [-0.39, 0.29) is 58.8 Å². The number of aliphatic carboxylic acids is 2. The number of hydrogen-bond acceptors (Lipinski definition) is 10. The molecule has 0 saturated heterocycles. The molecule has 0 saturated carbocycles. The van der Waals surface area contributed by atoms with Crippen LogP contribution in [0, 0.1) is 0 Å². The van der Waals surface area contributed by atoms with Gasteiger partial charge in [0.05, 0.1) is 52.9 Å². The van der Waals surface area contributed by atoms with Gasteiger partial charge in [0, 0.05) is 31.5 Å². The Labute approximate surface area is 213 Å². The summed E-state index contributed by atoms with van der Waals surface area (Å²) in [6.45, 7) is 1.91. The van der Waals surface area contributed by atoms with Crippen LogP contribution in [0.1, 0.15) is 19.3 Å². The number of nitrogens with one attached hydrogen (secondary N) is 2. The maximum Gasteiger partial charge on any atom is 0.326 e. The third-order valence-corrected chi connectivity index (χ3v) is 4.64. The lowest BCUT2D eigenvalue weighted by Crippen LogP contribution is -2.41. The highest BCUT2D eigenvalue weighted by Gasteiger charge is 2.25. The van der Waals surface area contributed by atoms with Crippen molar-refractivity contribution in [3.8, 4) is 0 Å². The van der Waals surface area contributed by atoms with E-state index < -0.39 is 41.6 Å². The Morgan fingerprint density at radius 3 is 1.78 bits per heavy atom. The van der Waals surface area contributed by atoms with Gasteiger partial charge in [0.25, 0.3) is 11.8 Å². The second kappa shape index (κ2) is 18.8. The van der Waals surface area contributed by atoms with Gasteiger partial charge in [-0.05, 0) is 6.42 Å². The number of amides is 4. The molecular formula is C22H33N3O12. The Bertz CT molecular complexity index is 799. The Balaban J connectivity index is 1.87. The molecule has 1 heterocycles. The van der Waals surface area contributed by atoms with Crippen LogP contribution in [0.25, 0.3) is 0 Å². The van der Waals surface area contributed by atoms with E-state index in [4.69, 9.17) is 29.2 Å². The van der Waals surface area contributed by atoms with Crippen molar-refractivity contribution < 1.29 is 57.9 Å². The predicted molar refractivity (Wildman–Crippen MR) is 123 cm³/mol. The van der Waals surface area contributed by atoms with E-state index in [9.17, 15) is 28.8 Å². The minimum atomic E-state index is -1.30. The van der Waals surface area contributed by atoms with E-state index in [1.807, 2.05) is 0 Å². The normalized spacial score (nSPS) is 13.6. The molecular weight excluding hydrogens is 498 g/mol. The topological polar surface area (TPSA) is 207 Å². The molecule has 1 aliphatic heterocycles. The van der Waals surface area contributed by atoms with Crippen LogP contribution in [0.3, 0.4) is 0 Å². The van der Waals surface area contributed by atoms with Gasteiger partial charge in [-0.15, -0.1) is 0 Å². The van der Waals surface area contributed by atoms with Crippen molar-refractivity contribution in [3.05, 3.63) is 12.2 Å². The van der Waals surface area contributed by atoms with Crippen molar-refractivity contribution in [1.82, 2.24) is 15.5 Å². The van der Waals surface area contributed by atoms with Crippen LogP contribution >= 0.6 is 0 Å². The average molecular weight is 532 g/mol. The lowest BCUT2D eigenvalue weighted by atomic mass is 10.1. The van der Waals surface area contributed by atoms with Gasteiger partial charge < -0.3 is 39.8 Å². The minimum absolute atomic E-state index is 0.0560. The predicted octanol–water partition coefficient (Wildman–Crippen LogP) is -2.08. The molecule has 0 aromatic heterocycles. The summed E-state index contributed by atoms with van der Waals surface area (Å²) >= 11 is 0. The van der Waals surface area contributed by atoms with Crippen LogP contribution in [0.15, 0.2) is 12.2 Å². The van der Waals surface area contributed by atoms with Gasteiger partial charge in [0.2, 0.25) is 11.8 Å². The molecule has 0 aromatic rings. The SMILES string of the molecule is O=C(O)CCC(NC(=O)CCOCCOCCOCCOCCNC(=O)CN1C(=O)C=CC1=O)C(=O)O. The van der Waals surface area contributed by atoms with Gasteiger partial charge in [0.15, 0.2) is 0 Å². The Morgan fingerprint density at radius 2 is 1.27 bits per heavy atom. The zero-order chi connectivity index (χ0) is 27.5. The number of carbonyl (C=O) groups excluding carboxylic acids is 4. The van der Waals surface area contributed by atoms with Crippen molar-refractivity contribution >= 4 is 35.6 Å². The van der Waals surface area contributed by atoms with Crippen LogP contribution in [0.5, 0.6) is 0 Å². The number of nitrogens with zero attached hydrogens (tertiary/aromatic N) is 1. The second-order valence-corrected chi connectivity index (χ2v) is 7.54. The number of carboxylic acid groups (broad SMARTS) is 2. The summed E-state index contributed by atoms with van der Waals surface area (Å²) in [5.74, 6) is -4.50. The summed E-state index contributed by atoms with van der Waals surface area (Å²) < 4.78 is 21.2. The molecule has 1 rings (SSSR count). The largest absolute Gasteiger partial charge is 0.481 e. The minimum Gasteiger partial charge on any atom is -0.481 e. The highest BCUT2D eigenvalue weighted by atomic mass is 16.6. The van der Waals surface area contributed by atoms with Gasteiger partial charge in [-0.1, -0.05) is 0 Å². The molecule has 4 amide bonds. The molecule has 0 bridgehead atoms. The molecule has 0 radical (unpaired) electrons. The average Bonchev–Trinajstić information content (AvgIpc) is 3.15. The lowest BCUT2D eigenvalue weighted by Gasteiger charge is -2.13. The van der Waals surface area contributed by atoms with Crippen molar-refractivity contribution in [2.75, 3.05) is 65.9 Å².